The molecule has 0 aromatic carbocycles. The summed E-state index contributed by atoms with van der Waals surface area (Å²) in [4.78, 5) is 10.6. The van der Waals surface area contributed by atoms with Crippen molar-refractivity contribution in [3.63, 3.8) is 0 Å². The number of carboxylic acid groups (broad SMARTS) is 1. The summed E-state index contributed by atoms with van der Waals surface area (Å²) in [6.45, 7) is 2.48. The second-order valence-electron chi connectivity index (χ2n) is 4.44. The molecule has 0 radical (unpaired) electrons. The first-order chi connectivity index (χ1) is 6.70. The lowest BCUT2D eigenvalue weighted by atomic mass is 9.85. The van der Waals surface area contributed by atoms with Gasteiger partial charge in [-0.1, -0.05) is 0 Å². The molecule has 1 unspecified atom stereocenters. The number of halogens is 1. The van der Waals surface area contributed by atoms with E-state index in [1.807, 2.05) is 0 Å². The first kappa shape index (κ1) is 12.7. The molecule has 2 N–H and O–H groups in total. The molecule has 2 fully saturated rings. The average molecular weight is 236 g/mol. The maximum atomic E-state index is 10.6. The van der Waals surface area contributed by atoms with Gasteiger partial charge in [0, 0.05) is 25.2 Å². The van der Waals surface area contributed by atoms with E-state index >= 15 is 0 Å². The van der Waals surface area contributed by atoms with Gasteiger partial charge in [0.05, 0.1) is 0 Å². The van der Waals surface area contributed by atoms with Crippen molar-refractivity contribution in [3.05, 3.63) is 0 Å². The number of aliphatic carboxylic acids is 1. The lowest BCUT2D eigenvalue weighted by molar-refractivity contribution is -0.138. The Morgan fingerprint density at radius 3 is 2.73 bits per heavy atom. The van der Waals surface area contributed by atoms with Crippen LogP contribution in [0.1, 0.15) is 25.7 Å². The standard InChI is InChI=1S/C10H17NO3.ClH/c12-9(13)5-8-6-10(11-7-8)1-3-14-4-2-10;/h8,11H,1-7H2,(H,12,13);1H. The Morgan fingerprint density at radius 1 is 1.47 bits per heavy atom. The van der Waals surface area contributed by atoms with E-state index in [1.54, 1.807) is 0 Å². The van der Waals surface area contributed by atoms with Gasteiger partial charge in [0.15, 0.2) is 0 Å². The van der Waals surface area contributed by atoms with Crippen LogP contribution in [0.25, 0.3) is 0 Å². The van der Waals surface area contributed by atoms with Gasteiger partial charge in [-0.05, 0) is 31.7 Å². The normalized spacial score (nSPS) is 28.7. The number of rotatable bonds is 2. The van der Waals surface area contributed by atoms with Crippen molar-refractivity contribution in [2.45, 2.75) is 31.2 Å². The Hall–Kier alpha value is -0.320. The molecule has 15 heavy (non-hydrogen) atoms. The van der Waals surface area contributed by atoms with Crippen LogP contribution >= 0.6 is 12.4 Å². The Bertz CT molecular complexity index is 229. The molecule has 0 amide bonds. The van der Waals surface area contributed by atoms with E-state index in [1.165, 1.54) is 0 Å². The highest BCUT2D eigenvalue weighted by molar-refractivity contribution is 5.85. The predicted octanol–water partition coefficient (Wildman–Crippen LogP) is 1.04. The number of hydrogen-bond donors (Lipinski definition) is 2. The summed E-state index contributed by atoms with van der Waals surface area (Å²) in [5.74, 6) is -0.369. The molecule has 4 nitrogen and oxygen atoms in total. The van der Waals surface area contributed by atoms with E-state index in [0.29, 0.717) is 12.3 Å². The molecule has 0 aromatic heterocycles. The van der Waals surface area contributed by atoms with Crippen LogP contribution in [0.15, 0.2) is 0 Å². The third-order valence-electron chi connectivity index (χ3n) is 3.36. The zero-order valence-electron chi connectivity index (χ0n) is 8.70. The Morgan fingerprint density at radius 2 is 2.13 bits per heavy atom. The van der Waals surface area contributed by atoms with Gasteiger partial charge in [-0.25, -0.2) is 0 Å². The second-order valence-corrected chi connectivity index (χ2v) is 4.44. The SMILES string of the molecule is Cl.O=C(O)CC1CNC2(CCOCC2)C1. The first-order valence-electron chi connectivity index (χ1n) is 5.25. The summed E-state index contributed by atoms with van der Waals surface area (Å²) in [6.07, 6.45) is 3.37. The van der Waals surface area contributed by atoms with Crippen LogP contribution in [-0.2, 0) is 9.53 Å². The highest BCUT2D eigenvalue weighted by atomic mass is 35.5. The molecule has 0 aliphatic carbocycles. The smallest absolute Gasteiger partial charge is 0.303 e. The molecule has 2 aliphatic heterocycles. The van der Waals surface area contributed by atoms with Crippen LogP contribution in [0.5, 0.6) is 0 Å². The topological polar surface area (TPSA) is 58.6 Å². The molecule has 5 heteroatoms. The predicted molar refractivity (Wildman–Crippen MR) is 58.4 cm³/mol. The van der Waals surface area contributed by atoms with Crippen molar-refractivity contribution in [1.82, 2.24) is 5.32 Å². The average Bonchev–Trinajstić information content (AvgIpc) is 2.49. The van der Waals surface area contributed by atoms with Gasteiger partial charge in [-0.2, -0.15) is 0 Å². The maximum absolute atomic E-state index is 10.6. The molecule has 2 saturated heterocycles. The number of hydrogen-bond acceptors (Lipinski definition) is 3. The van der Waals surface area contributed by atoms with E-state index < -0.39 is 5.97 Å². The molecule has 1 spiro atoms. The largest absolute Gasteiger partial charge is 0.481 e. The third-order valence-corrected chi connectivity index (χ3v) is 3.36. The maximum Gasteiger partial charge on any atom is 0.303 e. The van der Waals surface area contributed by atoms with Gasteiger partial charge in [-0.15, -0.1) is 12.4 Å². The van der Waals surface area contributed by atoms with Gasteiger partial charge in [0.1, 0.15) is 0 Å². The van der Waals surface area contributed by atoms with E-state index in [2.05, 4.69) is 5.32 Å². The summed E-state index contributed by atoms with van der Waals surface area (Å²) < 4.78 is 5.32. The van der Waals surface area contributed by atoms with Crippen molar-refractivity contribution >= 4 is 18.4 Å². The number of carbonyl (C=O) groups is 1. The molecular weight excluding hydrogens is 218 g/mol. The quantitative estimate of drug-likeness (QED) is 0.751. The van der Waals surface area contributed by atoms with Crippen molar-refractivity contribution in [2.75, 3.05) is 19.8 Å². The fraction of sp³-hybridized carbons (Fsp3) is 0.900. The van der Waals surface area contributed by atoms with Crippen LogP contribution in [0.2, 0.25) is 0 Å². The minimum Gasteiger partial charge on any atom is -0.481 e. The lowest BCUT2D eigenvalue weighted by Gasteiger charge is -2.33. The molecule has 0 saturated carbocycles. The summed E-state index contributed by atoms with van der Waals surface area (Å²) in [7, 11) is 0. The molecule has 2 rings (SSSR count). The second kappa shape index (κ2) is 5.14. The van der Waals surface area contributed by atoms with Crippen molar-refractivity contribution in [2.24, 2.45) is 5.92 Å². The molecule has 2 heterocycles. The first-order valence-corrected chi connectivity index (χ1v) is 5.25. The molecule has 0 bridgehead atoms. The lowest BCUT2D eigenvalue weighted by Crippen LogP contribution is -2.44. The highest BCUT2D eigenvalue weighted by Gasteiger charge is 2.40. The van der Waals surface area contributed by atoms with Crippen LogP contribution in [0, 0.1) is 5.92 Å². The molecule has 88 valence electrons. The Balaban J connectivity index is 0.00000112. The third kappa shape index (κ3) is 3.06. The van der Waals surface area contributed by atoms with Gasteiger partial charge >= 0.3 is 5.97 Å². The summed E-state index contributed by atoms with van der Waals surface area (Å²) in [6, 6.07) is 0. The van der Waals surface area contributed by atoms with Crippen molar-refractivity contribution in [1.29, 1.82) is 0 Å². The van der Waals surface area contributed by atoms with Gasteiger partial charge in [-0.3, -0.25) is 4.79 Å². The molecule has 2 aliphatic rings. The summed E-state index contributed by atoms with van der Waals surface area (Å²) >= 11 is 0. The number of ether oxygens (including phenoxy) is 1. The number of carboxylic acids is 1. The molecule has 1 atom stereocenters. The zero-order valence-corrected chi connectivity index (χ0v) is 9.52. The number of nitrogens with one attached hydrogen (secondary N) is 1. The van der Waals surface area contributed by atoms with Crippen LogP contribution < -0.4 is 5.32 Å². The summed E-state index contributed by atoms with van der Waals surface area (Å²) in [5, 5.41) is 12.2. The highest BCUT2D eigenvalue weighted by Crippen LogP contribution is 2.34. The van der Waals surface area contributed by atoms with Crippen molar-refractivity contribution in [3.8, 4) is 0 Å². The fourth-order valence-electron chi connectivity index (χ4n) is 2.59. The molecule has 0 aromatic rings. The van der Waals surface area contributed by atoms with Gasteiger partial charge < -0.3 is 15.2 Å². The fourth-order valence-corrected chi connectivity index (χ4v) is 2.59. The Kier molecular flexibility index (Phi) is 4.37. The van der Waals surface area contributed by atoms with Gasteiger partial charge in [0.25, 0.3) is 0 Å². The minimum absolute atomic E-state index is 0. The zero-order chi connectivity index (χ0) is 10.0. The van der Waals surface area contributed by atoms with Crippen LogP contribution in [-0.4, -0.2) is 36.4 Å². The summed E-state index contributed by atoms with van der Waals surface area (Å²) in [5.41, 5.74) is 0.193. The monoisotopic (exact) mass is 235 g/mol. The van der Waals surface area contributed by atoms with Crippen LogP contribution in [0.4, 0.5) is 0 Å². The Labute approximate surface area is 95.8 Å². The van der Waals surface area contributed by atoms with Crippen molar-refractivity contribution < 1.29 is 14.6 Å². The van der Waals surface area contributed by atoms with E-state index in [-0.39, 0.29) is 17.9 Å². The molecular formula is C10H18ClNO3. The van der Waals surface area contributed by atoms with Gasteiger partial charge in [0.2, 0.25) is 0 Å². The van der Waals surface area contributed by atoms with E-state index in [9.17, 15) is 4.79 Å². The minimum atomic E-state index is -0.680. The van der Waals surface area contributed by atoms with E-state index in [0.717, 1.165) is 39.0 Å². The van der Waals surface area contributed by atoms with E-state index in [4.69, 9.17) is 9.84 Å². The van der Waals surface area contributed by atoms with Crippen LogP contribution in [0.3, 0.4) is 0 Å².